The highest BCUT2D eigenvalue weighted by Crippen LogP contribution is 2.15. The molecule has 1 heterocycles. The van der Waals surface area contributed by atoms with Crippen LogP contribution in [0.15, 0.2) is 64.5 Å². The summed E-state index contributed by atoms with van der Waals surface area (Å²) in [5.74, 6) is 0. The molecule has 0 aliphatic heterocycles. The van der Waals surface area contributed by atoms with Gasteiger partial charge >= 0.3 is 0 Å². The van der Waals surface area contributed by atoms with Gasteiger partial charge in [0, 0.05) is 17.6 Å². The number of aromatic nitrogens is 1. The fourth-order valence-corrected chi connectivity index (χ4v) is 2.09. The molecular formula is C16H12N4O3. The Bertz CT molecular complexity index is 945. The number of benzene rings is 2. The van der Waals surface area contributed by atoms with Crippen LogP contribution in [0, 0.1) is 10.1 Å². The Morgan fingerprint density at radius 2 is 1.87 bits per heavy atom. The molecule has 23 heavy (non-hydrogen) atoms. The van der Waals surface area contributed by atoms with Gasteiger partial charge in [0.2, 0.25) is 0 Å². The number of nitrogens with one attached hydrogen (secondary N) is 2. The number of nitrogens with zero attached hydrogens (tertiary/aromatic N) is 2. The van der Waals surface area contributed by atoms with Crippen molar-refractivity contribution in [2.45, 2.75) is 0 Å². The summed E-state index contributed by atoms with van der Waals surface area (Å²) in [7, 11) is 0. The Kier molecular flexibility index (Phi) is 3.84. The van der Waals surface area contributed by atoms with Crippen LogP contribution in [0.5, 0.6) is 0 Å². The van der Waals surface area contributed by atoms with Crippen LogP contribution in [-0.4, -0.2) is 16.1 Å². The molecule has 0 aliphatic carbocycles. The monoisotopic (exact) mass is 308 g/mol. The van der Waals surface area contributed by atoms with Crippen LogP contribution in [0.1, 0.15) is 5.56 Å². The number of H-pyrrole nitrogens is 1. The van der Waals surface area contributed by atoms with Crippen LogP contribution >= 0.6 is 0 Å². The summed E-state index contributed by atoms with van der Waals surface area (Å²) >= 11 is 0. The van der Waals surface area contributed by atoms with Gasteiger partial charge in [-0.2, -0.15) is 5.10 Å². The Morgan fingerprint density at radius 1 is 1.13 bits per heavy atom. The van der Waals surface area contributed by atoms with E-state index in [1.54, 1.807) is 18.2 Å². The van der Waals surface area contributed by atoms with Gasteiger partial charge in [0.25, 0.3) is 11.2 Å². The first-order valence-electron chi connectivity index (χ1n) is 6.79. The summed E-state index contributed by atoms with van der Waals surface area (Å²) in [5, 5.41) is 15.5. The molecule has 0 bridgehead atoms. The Hall–Kier alpha value is -3.48. The van der Waals surface area contributed by atoms with Crippen molar-refractivity contribution in [1.82, 2.24) is 4.98 Å². The van der Waals surface area contributed by atoms with Crippen molar-refractivity contribution in [3.05, 3.63) is 80.6 Å². The summed E-state index contributed by atoms with van der Waals surface area (Å²) in [6.07, 6.45) is 1.41. The van der Waals surface area contributed by atoms with Crippen molar-refractivity contribution in [3.8, 4) is 0 Å². The number of pyridine rings is 1. The van der Waals surface area contributed by atoms with E-state index in [-0.39, 0.29) is 11.2 Å². The summed E-state index contributed by atoms with van der Waals surface area (Å²) < 4.78 is 0. The highest BCUT2D eigenvalue weighted by Gasteiger charge is 2.03. The molecule has 3 rings (SSSR count). The number of non-ortho nitro benzene ring substituents is 1. The lowest BCUT2D eigenvalue weighted by Gasteiger charge is -2.00. The summed E-state index contributed by atoms with van der Waals surface area (Å²) in [5.41, 5.74) is 4.26. The van der Waals surface area contributed by atoms with Crippen molar-refractivity contribution in [3.63, 3.8) is 0 Å². The van der Waals surface area contributed by atoms with Gasteiger partial charge in [-0.25, -0.2) is 0 Å². The topological polar surface area (TPSA) is 100 Å². The normalized spacial score (nSPS) is 11.0. The fourth-order valence-electron chi connectivity index (χ4n) is 2.09. The minimum atomic E-state index is -0.471. The Labute approximate surface area is 130 Å². The van der Waals surface area contributed by atoms with Crippen LogP contribution in [0.2, 0.25) is 0 Å². The van der Waals surface area contributed by atoms with E-state index >= 15 is 0 Å². The number of anilines is 1. The number of rotatable bonds is 4. The zero-order valence-electron chi connectivity index (χ0n) is 11.9. The SMILES string of the molecule is O=c1[nH]c2ccccc2cc1C=NNc1ccc([N+](=O)[O-])cc1. The van der Waals surface area contributed by atoms with Gasteiger partial charge in [0.15, 0.2) is 0 Å². The first-order chi connectivity index (χ1) is 11.1. The molecule has 0 unspecified atom stereocenters. The molecule has 2 aromatic carbocycles. The molecule has 0 aliphatic rings. The molecule has 3 aromatic rings. The lowest BCUT2D eigenvalue weighted by atomic mass is 10.2. The number of para-hydroxylation sites is 1. The maximum Gasteiger partial charge on any atom is 0.269 e. The Balaban J connectivity index is 1.79. The molecule has 7 heteroatoms. The number of fused-ring (bicyclic) bond motifs is 1. The molecule has 0 radical (unpaired) electrons. The zero-order chi connectivity index (χ0) is 16.2. The van der Waals surface area contributed by atoms with Crippen molar-refractivity contribution in [1.29, 1.82) is 0 Å². The fraction of sp³-hybridized carbons (Fsp3) is 0. The van der Waals surface area contributed by atoms with Gasteiger partial charge in [-0.15, -0.1) is 0 Å². The second kappa shape index (κ2) is 6.10. The number of hydrogen-bond acceptors (Lipinski definition) is 5. The van der Waals surface area contributed by atoms with Gasteiger partial charge in [-0.3, -0.25) is 20.3 Å². The average Bonchev–Trinajstić information content (AvgIpc) is 2.56. The molecule has 0 amide bonds. The van der Waals surface area contributed by atoms with Gasteiger partial charge < -0.3 is 4.98 Å². The van der Waals surface area contributed by atoms with E-state index in [4.69, 9.17) is 0 Å². The number of nitro benzene ring substituents is 1. The molecule has 114 valence electrons. The van der Waals surface area contributed by atoms with Crippen molar-refractivity contribution >= 4 is 28.5 Å². The van der Waals surface area contributed by atoms with Crippen LogP contribution in [-0.2, 0) is 0 Å². The largest absolute Gasteiger partial charge is 0.321 e. The molecular weight excluding hydrogens is 296 g/mol. The summed E-state index contributed by atoms with van der Waals surface area (Å²) in [4.78, 5) is 24.8. The first kappa shape index (κ1) is 14.5. The van der Waals surface area contributed by atoms with E-state index in [1.165, 1.54) is 18.3 Å². The molecule has 2 N–H and O–H groups in total. The molecule has 0 spiro atoms. The maximum absolute atomic E-state index is 11.9. The van der Waals surface area contributed by atoms with Crippen molar-refractivity contribution in [2.75, 3.05) is 5.43 Å². The maximum atomic E-state index is 11.9. The minimum Gasteiger partial charge on any atom is -0.321 e. The second-order valence-corrected chi connectivity index (χ2v) is 4.82. The molecule has 0 fully saturated rings. The third-order valence-corrected chi connectivity index (χ3v) is 3.26. The van der Waals surface area contributed by atoms with E-state index in [0.717, 1.165) is 10.9 Å². The molecule has 0 saturated heterocycles. The molecule has 0 saturated carbocycles. The second-order valence-electron chi connectivity index (χ2n) is 4.82. The van der Waals surface area contributed by atoms with E-state index in [2.05, 4.69) is 15.5 Å². The highest BCUT2D eigenvalue weighted by atomic mass is 16.6. The van der Waals surface area contributed by atoms with Crippen LogP contribution < -0.4 is 11.0 Å². The summed E-state index contributed by atoms with van der Waals surface area (Å²) in [6, 6.07) is 15.0. The lowest BCUT2D eigenvalue weighted by molar-refractivity contribution is -0.384. The highest BCUT2D eigenvalue weighted by molar-refractivity contribution is 5.87. The molecule has 0 atom stereocenters. The lowest BCUT2D eigenvalue weighted by Crippen LogP contribution is -2.12. The van der Waals surface area contributed by atoms with Crippen LogP contribution in [0.4, 0.5) is 11.4 Å². The minimum absolute atomic E-state index is 0.00510. The number of nitro groups is 1. The van der Waals surface area contributed by atoms with Crippen LogP contribution in [0.25, 0.3) is 10.9 Å². The van der Waals surface area contributed by atoms with E-state index in [9.17, 15) is 14.9 Å². The predicted molar refractivity (Wildman–Crippen MR) is 88.9 cm³/mol. The van der Waals surface area contributed by atoms with E-state index < -0.39 is 4.92 Å². The zero-order valence-corrected chi connectivity index (χ0v) is 11.9. The van der Waals surface area contributed by atoms with Gasteiger partial charge in [-0.1, -0.05) is 18.2 Å². The summed E-state index contributed by atoms with van der Waals surface area (Å²) in [6.45, 7) is 0. The number of aromatic amines is 1. The number of hydrazone groups is 1. The van der Waals surface area contributed by atoms with E-state index in [1.807, 2.05) is 24.3 Å². The quantitative estimate of drug-likeness (QED) is 0.439. The predicted octanol–water partition coefficient (Wildman–Crippen LogP) is 2.88. The third kappa shape index (κ3) is 3.24. The van der Waals surface area contributed by atoms with Gasteiger partial charge in [-0.05, 0) is 29.7 Å². The average molecular weight is 308 g/mol. The third-order valence-electron chi connectivity index (χ3n) is 3.26. The smallest absolute Gasteiger partial charge is 0.269 e. The van der Waals surface area contributed by atoms with Crippen molar-refractivity contribution < 1.29 is 4.92 Å². The standard InChI is InChI=1S/C16H12N4O3/c21-16-12(9-11-3-1-2-4-15(11)18-16)10-17-19-13-5-7-14(8-6-13)20(22)23/h1-10,19H,(H,18,21). The van der Waals surface area contributed by atoms with Gasteiger partial charge in [0.1, 0.15) is 0 Å². The first-order valence-corrected chi connectivity index (χ1v) is 6.79. The van der Waals surface area contributed by atoms with Crippen LogP contribution in [0.3, 0.4) is 0 Å². The van der Waals surface area contributed by atoms with E-state index in [0.29, 0.717) is 11.3 Å². The number of hydrogen-bond donors (Lipinski definition) is 2. The van der Waals surface area contributed by atoms with Crippen molar-refractivity contribution in [2.24, 2.45) is 5.10 Å². The molecule has 7 nitrogen and oxygen atoms in total. The molecule has 1 aromatic heterocycles. The Morgan fingerprint density at radius 3 is 2.61 bits per heavy atom. The van der Waals surface area contributed by atoms with Gasteiger partial charge in [0.05, 0.1) is 22.4 Å².